The van der Waals surface area contributed by atoms with Gasteiger partial charge in [0, 0.05) is 49.5 Å². The van der Waals surface area contributed by atoms with Crippen molar-refractivity contribution in [1.29, 1.82) is 0 Å². The number of carbonyl (C=O) groups is 1. The van der Waals surface area contributed by atoms with Crippen LogP contribution in [0.3, 0.4) is 0 Å². The van der Waals surface area contributed by atoms with Gasteiger partial charge in [0.15, 0.2) is 0 Å². The number of benzene rings is 2. The number of nitrogens with two attached hydrogens (primary N) is 1. The number of piperidine rings is 1. The molecule has 2 saturated heterocycles. The Morgan fingerprint density at radius 2 is 1.95 bits per heavy atom. The second-order valence-corrected chi connectivity index (χ2v) is 11.2. The first-order chi connectivity index (χ1) is 19.3. The van der Waals surface area contributed by atoms with E-state index >= 15 is 0 Å². The molecule has 0 spiro atoms. The van der Waals surface area contributed by atoms with Crippen LogP contribution in [0.25, 0.3) is 22.3 Å². The SMILES string of the molecule is Cc1ccccc1-c1noc(C2CCN(c3c(C(N)=O)c(=O)n(C)c4cc(OC5CCOC5)c(Br)cc34)CC2)n1. The second kappa shape index (κ2) is 10.7. The Bertz CT molecular complexity index is 1650. The van der Waals surface area contributed by atoms with Gasteiger partial charge in [-0.05, 0) is 47.3 Å². The van der Waals surface area contributed by atoms with E-state index in [1.807, 2.05) is 43.3 Å². The number of aromatic nitrogens is 3. The number of pyridine rings is 1. The Kier molecular flexibility index (Phi) is 7.09. The van der Waals surface area contributed by atoms with Gasteiger partial charge in [0.25, 0.3) is 11.5 Å². The first kappa shape index (κ1) is 26.5. The molecule has 0 bridgehead atoms. The monoisotopic (exact) mass is 607 g/mol. The summed E-state index contributed by atoms with van der Waals surface area (Å²) in [5.41, 5.74) is 8.56. The molecule has 2 fully saturated rings. The Balaban J connectivity index is 1.32. The van der Waals surface area contributed by atoms with Gasteiger partial charge in [0.2, 0.25) is 11.7 Å². The number of aryl methyl sites for hydroxylation is 2. The number of anilines is 1. The lowest BCUT2D eigenvalue weighted by atomic mass is 9.95. The van der Waals surface area contributed by atoms with Crippen LogP contribution in [0, 0.1) is 6.92 Å². The van der Waals surface area contributed by atoms with Gasteiger partial charge >= 0.3 is 0 Å². The highest BCUT2D eigenvalue weighted by Crippen LogP contribution is 2.39. The van der Waals surface area contributed by atoms with E-state index in [0.29, 0.717) is 67.8 Å². The lowest BCUT2D eigenvalue weighted by Crippen LogP contribution is -2.38. The Hall–Kier alpha value is -3.70. The van der Waals surface area contributed by atoms with E-state index in [0.717, 1.165) is 27.4 Å². The van der Waals surface area contributed by atoms with Gasteiger partial charge in [0.1, 0.15) is 17.4 Å². The lowest BCUT2D eigenvalue weighted by molar-refractivity contribution is 0.0999. The molecule has 208 valence electrons. The van der Waals surface area contributed by atoms with E-state index < -0.39 is 11.5 Å². The number of amides is 1. The predicted octanol–water partition coefficient (Wildman–Crippen LogP) is 4.31. The summed E-state index contributed by atoms with van der Waals surface area (Å²) in [7, 11) is 1.64. The molecule has 11 heteroatoms. The number of hydrogen-bond donors (Lipinski definition) is 1. The Morgan fingerprint density at radius 1 is 1.18 bits per heavy atom. The maximum atomic E-state index is 13.4. The molecule has 2 aromatic carbocycles. The van der Waals surface area contributed by atoms with Crippen LogP contribution in [0.5, 0.6) is 5.75 Å². The molecule has 4 aromatic rings. The van der Waals surface area contributed by atoms with Gasteiger partial charge in [-0.25, -0.2) is 0 Å². The highest BCUT2D eigenvalue weighted by atomic mass is 79.9. The topological polar surface area (TPSA) is 126 Å². The van der Waals surface area contributed by atoms with Crippen LogP contribution < -0.4 is 20.9 Å². The quantitative estimate of drug-likeness (QED) is 0.344. The van der Waals surface area contributed by atoms with Crippen molar-refractivity contribution in [2.24, 2.45) is 12.8 Å². The van der Waals surface area contributed by atoms with E-state index in [2.05, 4.69) is 26.0 Å². The third kappa shape index (κ3) is 4.77. The van der Waals surface area contributed by atoms with Crippen LogP contribution >= 0.6 is 15.9 Å². The first-order valence-electron chi connectivity index (χ1n) is 13.4. The van der Waals surface area contributed by atoms with E-state index in [-0.39, 0.29) is 17.6 Å². The molecule has 1 atom stereocenters. The Labute approximate surface area is 239 Å². The van der Waals surface area contributed by atoms with Gasteiger partial charge in [-0.2, -0.15) is 4.98 Å². The van der Waals surface area contributed by atoms with Crippen molar-refractivity contribution in [3.63, 3.8) is 0 Å². The normalized spacial score (nSPS) is 18.0. The van der Waals surface area contributed by atoms with Gasteiger partial charge < -0.3 is 29.2 Å². The minimum Gasteiger partial charge on any atom is -0.487 e. The molecule has 6 rings (SSSR count). The Morgan fingerprint density at radius 3 is 2.65 bits per heavy atom. The van der Waals surface area contributed by atoms with Crippen molar-refractivity contribution < 1.29 is 18.8 Å². The second-order valence-electron chi connectivity index (χ2n) is 10.4. The summed E-state index contributed by atoms with van der Waals surface area (Å²) in [6.45, 7) is 4.38. The first-order valence-corrected chi connectivity index (χ1v) is 14.2. The zero-order valence-corrected chi connectivity index (χ0v) is 23.9. The van der Waals surface area contributed by atoms with Crippen LogP contribution in [0.2, 0.25) is 0 Å². The average molecular weight is 608 g/mol. The van der Waals surface area contributed by atoms with Crippen LogP contribution in [0.15, 0.2) is 50.2 Å². The molecule has 2 aliphatic heterocycles. The van der Waals surface area contributed by atoms with Crippen molar-refractivity contribution >= 4 is 38.4 Å². The van der Waals surface area contributed by atoms with E-state index in [9.17, 15) is 9.59 Å². The summed E-state index contributed by atoms with van der Waals surface area (Å²) in [5.74, 6) is 1.12. The fourth-order valence-corrected chi connectivity index (χ4v) is 6.07. The van der Waals surface area contributed by atoms with Crippen molar-refractivity contribution in [1.82, 2.24) is 14.7 Å². The molecule has 0 saturated carbocycles. The number of rotatable bonds is 6. The molecule has 4 heterocycles. The third-order valence-electron chi connectivity index (χ3n) is 7.84. The van der Waals surface area contributed by atoms with Crippen molar-refractivity contribution in [3.8, 4) is 17.1 Å². The molecule has 0 radical (unpaired) electrons. The summed E-state index contributed by atoms with van der Waals surface area (Å²) >= 11 is 3.64. The molecule has 2 aliphatic rings. The van der Waals surface area contributed by atoms with Gasteiger partial charge in [-0.3, -0.25) is 9.59 Å². The number of primary amides is 1. The fourth-order valence-electron chi connectivity index (χ4n) is 5.63. The lowest BCUT2D eigenvalue weighted by Gasteiger charge is -2.34. The zero-order chi connectivity index (χ0) is 28.0. The van der Waals surface area contributed by atoms with Gasteiger partial charge in [0.05, 0.1) is 28.9 Å². The molecular weight excluding hydrogens is 578 g/mol. The number of nitrogens with zero attached hydrogens (tertiary/aromatic N) is 4. The van der Waals surface area contributed by atoms with Crippen molar-refractivity contribution in [2.45, 2.75) is 38.2 Å². The van der Waals surface area contributed by atoms with Gasteiger partial charge in [-0.15, -0.1) is 0 Å². The fraction of sp³-hybridized carbons (Fsp3) is 0.379. The smallest absolute Gasteiger partial charge is 0.265 e. The van der Waals surface area contributed by atoms with Crippen molar-refractivity contribution in [3.05, 3.63) is 68.2 Å². The summed E-state index contributed by atoms with van der Waals surface area (Å²) in [6, 6.07) is 11.7. The molecule has 40 heavy (non-hydrogen) atoms. The predicted molar refractivity (Wildman–Crippen MR) is 154 cm³/mol. The zero-order valence-electron chi connectivity index (χ0n) is 22.4. The molecule has 2 aromatic heterocycles. The maximum absolute atomic E-state index is 13.4. The minimum atomic E-state index is -0.751. The number of ether oxygens (including phenoxy) is 2. The van der Waals surface area contributed by atoms with Gasteiger partial charge in [-0.1, -0.05) is 29.4 Å². The highest BCUT2D eigenvalue weighted by Gasteiger charge is 2.31. The van der Waals surface area contributed by atoms with Crippen LogP contribution in [0.4, 0.5) is 5.69 Å². The van der Waals surface area contributed by atoms with E-state index in [4.69, 9.17) is 24.7 Å². The maximum Gasteiger partial charge on any atom is 0.265 e. The summed E-state index contributed by atoms with van der Waals surface area (Å²) in [4.78, 5) is 32.8. The largest absolute Gasteiger partial charge is 0.487 e. The van der Waals surface area contributed by atoms with Crippen molar-refractivity contribution in [2.75, 3.05) is 31.2 Å². The third-order valence-corrected chi connectivity index (χ3v) is 8.46. The highest BCUT2D eigenvalue weighted by molar-refractivity contribution is 9.10. The molecule has 0 aliphatic carbocycles. The standard InChI is InChI=1S/C29H30BrN5O5/c1-16-5-3-4-6-19(16)27-32-28(40-33-27)17-7-10-35(11-8-17)25-20-13-21(30)23(39-18-9-12-38-15-18)14-22(20)34(2)29(37)24(25)26(31)36/h3-6,13-14,17-18H,7-12,15H2,1-2H3,(H2,31,36). The molecule has 1 unspecified atom stereocenters. The average Bonchev–Trinajstić information content (AvgIpc) is 3.64. The summed E-state index contributed by atoms with van der Waals surface area (Å²) < 4.78 is 19.5. The van der Waals surface area contributed by atoms with Crippen LogP contribution in [-0.4, -0.2) is 53.0 Å². The number of hydrogen-bond acceptors (Lipinski definition) is 8. The molecular formula is C29H30BrN5O5. The number of halogens is 1. The van der Waals surface area contributed by atoms with Crippen LogP contribution in [0.1, 0.15) is 47.0 Å². The number of fused-ring (bicyclic) bond motifs is 1. The summed E-state index contributed by atoms with van der Waals surface area (Å²) in [5, 5.41) is 4.97. The number of carbonyl (C=O) groups excluding carboxylic acids is 1. The van der Waals surface area contributed by atoms with E-state index in [1.165, 1.54) is 4.57 Å². The molecule has 1 amide bonds. The summed E-state index contributed by atoms with van der Waals surface area (Å²) in [6.07, 6.45) is 2.18. The minimum absolute atomic E-state index is 0.0159. The van der Waals surface area contributed by atoms with Crippen LogP contribution in [-0.2, 0) is 11.8 Å². The molecule has 10 nitrogen and oxygen atoms in total. The molecule has 2 N–H and O–H groups in total. The van der Waals surface area contributed by atoms with E-state index in [1.54, 1.807) is 7.05 Å².